The molecule has 1 aromatic carbocycles. The van der Waals surface area contributed by atoms with Crippen molar-refractivity contribution in [2.75, 3.05) is 42.9 Å². The molecule has 36 heavy (non-hydrogen) atoms. The van der Waals surface area contributed by atoms with Crippen LogP contribution in [-0.4, -0.2) is 71.7 Å². The summed E-state index contributed by atoms with van der Waals surface area (Å²) in [6.45, 7) is 4.46. The second kappa shape index (κ2) is 11.3. The zero-order valence-corrected chi connectivity index (χ0v) is 20.9. The van der Waals surface area contributed by atoms with E-state index < -0.39 is 12.0 Å². The Morgan fingerprint density at radius 2 is 1.97 bits per heavy atom. The van der Waals surface area contributed by atoms with Crippen LogP contribution in [0.25, 0.3) is 0 Å². The predicted octanol–water partition coefficient (Wildman–Crippen LogP) is 2.93. The first-order valence-electron chi connectivity index (χ1n) is 13.4. The lowest BCUT2D eigenvalue weighted by Crippen LogP contribution is -2.52. The minimum atomic E-state index is -0.961. The van der Waals surface area contributed by atoms with Crippen LogP contribution in [0.1, 0.15) is 43.4 Å². The first kappa shape index (κ1) is 24.6. The zero-order valence-electron chi connectivity index (χ0n) is 20.9. The summed E-state index contributed by atoms with van der Waals surface area (Å²) < 4.78 is 0. The molecule has 2 saturated heterocycles. The average Bonchev–Trinajstić information content (AvgIpc) is 3.37. The highest BCUT2D eigenvalue weighted by Gasteiger charge is 2.34. The molecule has 2 fully saturated rings. The summed E-state index contributed by atoms with van der Waals surface area (Å²) >= 11 is 0. The molecule has 192 valence electrons. The number of amides is 1. The van der Waals surface area contributed by atoms with E-state index in [9.17, 15) is 14.7 Å². The molecule has 2 atom stereocenters. The number of carboxylic acid groups (broad SMARTS) is 1. The van der Waals surface area contributed by atoms with Crippen molar-refractivity contribution in [2.24, 2.45) is 5.92 Å². The van der Waals surface area contributed by atoms with Gasteiger partial charge in [-0.1, -0.05) is 24.3 Å². The Bertz CT molecular complexity index is 1060. The van der Waals surface area contributed by atoms with Crippen LogP contribution in [0.3, 0.4) is 0 Å². The molecule has 1 aromatic heterocycles. The number of anilines is 2. The minimum Gasteiger partial charge on any atom is -0.480 e. The average molecular weight is 492 g/mol. The number of pyridine rings is 1. The third kappa shape index (κ3) is 5.81. The Labute approximate surface area is 213 Å². The number of nitrogens with zero attached hydrogens (tertiary/aromatic N) is 3. The van der Waals surface area contributed by atoms with Crippen LogP contribution in [0.15, 0.2) is 42.5 Å². The Morgan fingerprint density at radius 3 is 2.78 bits per heavy atom. The summed E-state index contributed by atoms with van der Waals surface area (Å²) in [6, 6.07) is 13.1. The third-order valence-corrected chi connectivity index (χ3v) is 7.79. The number of para-hydroxylation sites is 1. The van der Waals surface area contributed by atoms with Crippen LogP contribution in [-0.2, 0) is 22.4 Å². The molecule has 3 aliphatic heterocycles. The van der Waals surface area contributed by atoms with Gasteiger partial charge in [-0.3, -0.25) is 4.79 Å². The molecule has 0 aliphatic carbocycles. The minimum absolute atomic E-state index is 0.183. The lowest BCUT2D eigenvalue weighted by atomic mass is 9.93. The smallest absolute Gasteiger partial charge is 0.326 e. The predicted molar refractivity (Wildman–Crippen MR) is 140 cm³/mol. The molecule has 4 heterocycles. The van der Waals surface area contributed by atoms with Gasteiger partial charge in [0.1, 0.15) is 17.9 Å². The zero-order chi connectivity index (χ0) is 24.9. The van der Waals surface area contributed by atoms with Crippen molar-refractivity contribution in [1.82, 2.24) is 15.2 Å². The lowest BCUT2D eigenvalue weighted by Gasteiger charge is -2.40. The monoisotopic (exact) mass is 491 g/mol. The molecule has 1 unspecified atom stereocenters. The van der Waals surface area contributed by atoms with E-state index in [0.29, 0.717) is 18.9 Å². The maximum Gasteiger partial charge on any atom is 0.326 e. The van der Waals surface area contributed by atoms with Gasteiger partial charge in [0, 0.05) is 44.1 Å². The number of benzene rings is 1. The van der Waals surface area contributed by atoms with E-state index in [1.54, 1.807) is 0 Å². The van der Waals surface area contributed by atoms with Gasteiger partial charge in [-0.15, -0.1) is 0 Å². The molecule has 0 radical (unpaired) electrons. The molecular formula is C28H37N5O3. The highest BCUT2D eigenvalue weighted by molar-refractivity contribution is 5.89. The van der Waals surface area contributed by atoms with Gasteiger partial charge in [0.15, 0.2) is 0 Å². The van der Waals surface area contributed by atoms with Crippen molar-refractivity contribution in [1.29, 1.82) is 0 Å². The fraction of sp³-hybridized carbons (Fsp3) is 0.536. The quantitative estimate of drug-likeness (QED) is 0.470. The Balaban J connectivity index is 1.05. The van der Waals surface area contributed by atoms with Crippen LogP contribution in [0, 0.1) is 5.92 Å². The van der Waals surface area contributed by atoms with Crippen molar-refractivity contribution in [3.8, 4) is 0 Å². The summed E-state index contributed by atoms with van der Waals surface area (Å²) in [5, 5.41) is 16.0. The van der Waals surface area contributed by atoms with E-state index in [1.807, 2.05) is 30.3 Å². The highest BCUT2D eigenvalue weighted by Crippen LogP contribution is 2.26. The second-order valence-electron chi connectivity index (χ2n) is 10.4. The normalized spacial score (nSPS) is 20.8. The van der Waals surface area contributed by atoms with Gasteiger partial charge in [0.05, 0.1) is 0 Å². The van der Waals surface area contributed by atoms with Crippen LogP contribution in [0.2, 0.25) is 0 Å². The summed E-state index contributed by atoms with van der Waals surface area (Å²) in [4.78, 5) is 34.1. The van der Waals surface area contributed by atoms with Crippen molar-refractivity contribution in [3.05, 3.63) is 53.7 Å². The molecule has 0 bridgehead atoms. The maximum absolute atomic E-state index is 13.0. The molecular weight excluding hydrogens is 454 g/mol. The molecule has 5 rings (SSSR count). The Morgan fingerprint density at radius 1 is 1.14 bits per heavy atom. The summed E-state index contributed by atoms with van der Waals surface area (Å²) in [6.07, 6.45) is 6.44. The lowest BCUT2D eigenvalue weighted by molar-refractivity contribution is -0.142. The molecule has 8 nitrogen and oxygen atoms in total. The van der Waals surface area contributed by atoms with Gasteiger partial charge in [0.25, 0.3) is 0 Å². The topological polar surface area (TPSA) is 97.8 Å². The van der Waals surface area contributed by atoms with Gasteiger partial charge >= 0.3 is 5.97 Å². The molecule has 8 heteroatoms. The number of carbonyl (C=O) groups excluding carboxylic acids is 1. The number of aryl methyl sites for hydroxylation is 2. The Kier molecular flexibility index (Phi) is 7.70. The van der Waals surface area contributed by atoms with E-state index >= 15 is 0 Å². The fourth-order valence-corrected chi connectivity index (χ4v) is 5.71. The molecule has 2 aromatic rings. The number of hydrogen-bond donors (Lipinski definition) is 3. The number of aliphatic carboxylic acids is 1. The van der Waals surface area contributed by atoms with Crippen molar-refractivity contribution in [2.45, 2.75) is 57.0 Å². The summed E-state index contributed by atoms with van der Waals surface area (Å²) in [5.74, 6) is 0.529. The third-order valence-electron chi connectivity index (χ3n) is 7.79. The van der Waals surface area contributed by atoms with Gasteiger partial charge in [-0.25, -0.2) is 9.78 Å². The standard InChI is InChI=1S/C28H37N5O3/c34-27(25-9-5-16-33(25)23-7-2-1-3-8-23)31-24(28(35)36)14-17-32-18-20(19-32)10-12-22-13-11-21-6-4-15-29-26(21)30-22/h1-3,7-8,11,13,20,24-25H,4-6,9-10,12,14-19H2,(H,29,30)(H,31,34)(H,35,36)/t24?,25-/m0/s1. The number of carboxylic acids is 1. The van der Waals surface area contributed by atoms with E-state index in [2.05, 4.69) is 32.6 Å². The highest BCUT2D eigenvalue weighted by atomic mass is 16.4. The van der Waals surface area contributed by atoms with Crippen LogP contribution in [0.4, 0.5) is 11.5 Å². The Hall–Kier alpha value is -3.13. The van der Waals surface area contributed by atoms with Crippen LogP contribution < -0.4 is 15.5 Å². The van der Waals surface area contributed by atoms with E-state index in [4.69, 9.17) is 4.98 Å². The van der Waals surface area contributed by atoms with E-state index in [1.165, 1.54) is 12.0 Å². The van der Waals surface area contributed by atoms with Crippen LogP contribution in [0.5, 0.6) is 0 Å². The largest absolute Gasteiger partial charge is 0.480 e. The molecule has 0 saturated carbocycles. The molecule has 1 amide bonds. The number of rotatable bonds is 10. The first-order valence-corrected chi connectivity index (χ1v) is 13.4. The number of fused-ring (bicyclic) bond motifs is 1. The van der Waals surface area contributed by atoms with Crippen molar-refractivity contribution in [3.63, 3.8) is 0 Å². The number of likely N-dealkylation sites (tertiary alicyclic amines) is 1. The number of hydrogen-bond acceptors (Lipinski definition) is 6. The van der Waals surface area contributed by atoms with Crippen LogP contribution >= 0.6 is 0 Å². The molecule has 0 spiro atoms. The number of aromatic nitrogens is 1. The summed E-state index contributed by atoms with van der Waals surface area (Å²) in [7, 11) is 0. The number of carbonyl (C=O) groups is 2. The van der Waals surface area contributed by atoms with E-state index in [0.717, 1.165) is 75.5 Å². The van der Waals surface area contributed by atoms with Gasteiger partial charge in [-0.05, 0) is 74.6 Å². The first-order chi connectivity index (χ1) is 17.6. The number of nitrogens with one attached hydrogen (secondary N) is 2. The fourth-order valence-electron chi connectivity index (χ4n) is 5.71. The molecule has 3 aliphatic rings. The van der Waals surface area contributed by atoms with Crippen molar-refractivity contribution >= 4 is 23.4 Å². The van der Waals surface area contributed by atoms with E-state index in [-0.39, 0.29) is 11.9 Å². The van der Waals surface area contributed by atoms with Gasteiger partial charge < -0.3 is 25.5 Å². The van der Waals surface area contributed by atoms with Crippen molar-refractivity contribution < 1.29 is 14.7 Å². The molecule has 3 N–H and O–H groups in total. The maximum atomic E-state index is 13.0. The van der Waals surface area contributed by atoms with Gasteiger partial charge in [-0.2, -0.15) is 0 Å². The SMILES string of the molecule is O=C(O)C(CCN1CC(CCc2ccc3c(n2)NCCC3)C1)NC(=O)[C@@H]1CCCN1c1ccccc1. The summed E-state index contributed by atoms with van der Waals surface area (Å²) in [5.41, 5.74) is 3.47. The second-order valence-corrected chi connectivity index (χ2v) is 10.4. The van der Waals surface area contributed by atoms with Gasteiger partial charge in [0.2, 0.25) is 5.91 Å².